The van der Waals surface area contributed by atoms with Crippen molar-refractivity contribution in [1.29, 1.82) is 5.26 Å². The lowest BCUT2D eigenvalue weighted by Crippen LogP contribution is -2.00. The van der Waals surface area contributed by atoms with E-state index in [-0.39, 0.29) is 0 Å². The first-order valence-corrected chi connectivity index (χ1v) is 4.68. The lowest BCUT2D eigenvalue weighted by molar-refractivity contribution is 0.764. The first-order chi connectivity index (χ1) is 7.72. The maximum atomic E-state index is 9.02. The molecule has 0 bridgehead atoms. The minimum atomic E-state index is 0.534. The number of hydrogen-bond donors (Lipinski definition) is 1. The molecule has 0 aliphatic heterocycles. The number of rotatable bonds is 2. The van der Waals surface area contributed by atoms with E-state index in [1.807, 2.05) is 0 Å². The third kappa shape index (κ3) is 1.70. The van der Waals surface area contributed by atoms with Crippen molar-refractivity contribution in [1.82, 2.24) is 19.7 Å². The molecule has 0 amide bonds. The van der Waals surface area contributed by atoms with Gasteiger partial charge in [0.15, 0.2) is 0 Å². The summed E-state index contributed by atoms with van der Waals surface area (Å²) >= 11 is 0. The summed E-state index contributed by atoms with van der Waals surface area (Å²) in [5, 5.41) is 16.3. The average molecular weight is 214 g/mol. The lowest BCUT2D eigenvalue weighted by Gasteiger charge is -2.05. The van der Waals surface area contributed by atoms with Crippen LogP contribution in [0.4, 0.5) is 11.5 Å². The maximum absolute atomic E-state index is 9.02. The Kier molecular flexibility index (Phi) is 2.52. The van der Waals surface area contributed by atoms with Crippen LogP contribution in [0.2, 0.25) is 0 Å². The normalized spacial score (nSPS) is 9.81. The van der Waals surface area contributed by atoms with Gasteiger partial charge in [0.05, 0.1) is 23.8 Å². The fourth-order valence-corrected chi connectivity index (χ4v) is 1.44. The molecule has 0 saturated carbocycles. The van der Waals surface area contributed by atoms with E-state index in [2.05, 4.69) is 26.5 Å². The number of aromatic nitrogens is 4. The van der Waals surface area contributed by atoms with Gasteiger partial charge in [0.2, 0.25) is 0 Å². The average Bonchev–Trinajstić information content (AvgIpc) is 2.55. The molecule has 2 rings (SSSR count). The van der Waals surface area contributed by atoms with Crippen LogP contribution in [0.3, 0.4) is 0 Å². The Labute approximate surface area is 92.6 Å². The van der Waals surface area contributed by atoms with E-state index in [4.69, 9.17) is 5.26 Å². The van der Waals surface area contributed by atoms with Gasteiger partial charge in [0.25, 0.3) is 0 Å². The Balaban J connectivity index is 2.39. The Morgan fingerprint density at radius 2 is 2.06 bits per heavy atom. The van der Waals surface area contributed by atoms with E-state index in [0.717, 1.165) is 5.69 Å². The molecule has 0 saturated heterocycles. The van der Waals surface area contributed by atoms with E-state index < -0.39 is 0 Å². The molecule has 16 heavy (non-hydrogen) atoms. The third-order valence-electron chi connectivity index (χ3n) is 2.16. The van der Waals surface area contributed by atoms with Gasteiger partial charge in [-0.1, -0.05) is 0 Å². The second-order valence-corrected chi connectivity index (χ2v) is 3.30. The van der Waals surface area contributed by atoms with Gasteiger partial charge in [-0.2, -0.15) is 10.4 Å². The molecule has 0 fully saturated rings. The molecule has 0 spiro atoms. The van der Waals surface area contributed by atoms with Gasteiger partial charge in [0.1, 0.15) is 23.8 Å². The number of aryl methyl sites for hydroxylation is 2. The van der Waals surface area contributed by atoms with Crippen LogP contribution in [0.25, 0.3) is 0 Å². The van der Waals surface area contributed by atoms with Gasteiger partial charge >= 0.3 is 0 Å². The first kappa shape index (κ1) is 10.1. The number of nitrogens with one attached hydrogen (secondary N) is 1. The van der Waals surface area contributed by atoms with Crippen LogP contribution in [0.15, 0.2) is 18.7 Å². The topological polar surface area (TPSA) is 79.4 Å². The zero-order valence-corrected chi connectivity index (χ0v) is 8.97. The van der Waals surface area contributed by atoms with Crippen LogP contribution in [-0.2, 0) is 7.05 Å². The second kappa shape index (κ2) is 3.98. The van der Waals surface area contributed by atoms with Crippen molar-refractivity contribution < 1.29 is 0 Å². The Hall–Kier alpha value is -2.42. The molecule has 0 aliphatic rings. The molecule has 6 heteroatoms. The van der Waals surface area contributed by atoms with E-state index in [1.165, 1.54) is 6.33 Å². The molecule has 0 aliphatic carbocycles. The Morgan fingerprint density at radius 3 is 2.69 bits per heavy atom. The quantitative estimate of drug-likeness (QED) is 0.810. The van der Waals surface area contributed by atoms with Crippen molar-refractivity contribution in [2.75, 3.05) is 5.32 Å². The van der Waals surface area contributed by atoms with Crippen LogP contribution >= 0.6 is 0 Å². The summed E-state index contributed by atoms with van der Waals surface area (Å²) in [6, 6.07) is 2.12. The summed E-state index contributed by atoms with van der Waals surface area (Å²) in [5.41, 5.74) is 1.96. The highest BCUT2D eigenvalue weighted by Crippen LogP contribution is 2.21. The highest BCUT2D eigenvalue weighted by Gasteiger charge is 2.12. The van der Waals surface area contributed by atoms with Crippen molar-refractivity contribution in [2.45, 2.75) is 6.92 Å². The zero-order chi connectivity index (χ0) is 11.5. The predicted molar refractivity (Wildman–Crippen MR) is 58.0 cm³/mol. The molecule has 0 aromatic carbocycles. The summed E-state index contributed by atoms with van der Waals surface area (Å²) in [4.78, 5) is 7.77. The SMILES string of the molecule is Cc1nn(C)c(Nc2cncnc2)c1C#N. The van der Waals surface area contributed by atoms with Crippen LogP contribution in [0.5, 0.6) is 0 Å². The monoisotopic (exact) mass is 214 g/mol. The van der Waals surface area contributed by atoms with Crippen molar-refractivity contribution >= 4 is 11.5 Å². The number of nitrogens with zero attached hydrogens (tertiary/aromatic N) is 5. The molecule has 0 radical (unpaired) electrons. The number of hydrogen-bond acceptors (Lipinski definition) is 5. The molecule has 0 unspecified atom stereocenters. The molecule has 80 valence electrons. The lowest BCUT2D eigenvalue weighted by atomic mass is 10.2. The predicted octanol–water partition coefficient (Wildman–Crippen LogP) is 1.13. The van der Waals surface area contributed by atoms with Crippen LogP contribution < -0.4 is 5.32 Å². The Bertz CT molecular complexity index is 536. The number of nitriles is 1. The van der Waals surface area contributed by atoms with Gasteiger partial charge < -0.3 is 5.32 Å². The van der Waals surface area contributed by atoms with Gasteiger partial charge in [-0.3, -0.25) is 4.68 Å². The smallest absolute Gasteiger partial charge is 0.146 e. The summed E-state index contributed by atoms with van der Waals surface area (Å²) in [5.74, 6) is 0.648. The summed E-state index contributed by atoms with van der Waals surface area (Å²) in [7, 11) is 1.78. The minimum Gasteiger partial charge on any atom is -0.337 e. The van der Waals surface area contributed by atoms with Gasteiger partial charge in [0, 0.05) is 7.05 Å². The molecule has 6 nitrogen and oxygen atoms in total. The van der Waals surface area contributed by atoms with Crippen molar-refractivity contribution in [2.24, 2.45) is 7.05 Å². The standard InChI is InChI=1S/C10H10N6/c1-7-9(3-11)10(16(2)15-7)14-8-4-12-6-13-5-8/h4-6,14H,1-2H3. The van der Waals surface area contributed by atoms with Crippen LogP contribution in [-0.4, -0.2) is 19.7 Å². The molecular weight excluding hydrogens is 204 g/mol. The van der Waals surface area contributed by atoms with Crippen molar-refractivity contribution in [3.8, 4) is 6.07 Å². The largest absolute Gasteiger partial charge is 0.337 e. The molecule has 2 aromatic rings. The summed E-state index contributed by atoms with van der Waals surface area (Å²) in [6.45, 7) is 1.80. The van der Waals surface area contributed by atoms with E-state index in [1.54, 1.807) is 31.0 Å². The highest BCUT2D eigenvalue weighted by molar-refractivity contribution is 5.63. The van der Waals surface area contributed by atoms with Gasteiger partial charge in [-0.15, -0.1) is 0 Å². The zero-order valence-electron chi connectivity index (χ0n) is 8.97. The second-order valence-electron chi connectivity index (χ2n) is 3.30. The number of anilines is 2. The molecule has 2 heterocycles. The summed E-state index contributed by atoms with van der Waals surface area (Å²) in [6.07, 6.45) is 4.72. The third-order valence-corrected chi connectivity index (χ3v) is 2.16. The highest BCUT2D eigenvalue weighted by atomic mass is 15.3. The fraction of sp³-hybridized carbons (Fsp3) is 0.200. The minimum absolute atomic E-state index is 0.534. The van der Waals surface area contributed by atoms with Gasteiger partial charge in [-0.05, 0) is 6.92 Å². The van der Waals surface area contributed by atoms with E-state index in [0.29, 0.717) is 17.1 Å². The molecule has 0 atom stereocenters. The summed E-state index contributed by atoms with van der Waals surface area (Å²) < 4.78 is 1.63. The van der Waals surface area contributed by atoms with Crippen LogP contribution in [0, 0.1) is 18.3 Å². The molecule has 1 N–H and O–H groups in total. The van der Waals surface area contributed by atoms with Crippen molar-refractivity contribution in [3.63, 3.8) is 0 Å². The maximum Gasteiger partial charge on any atom is 0.146 e. The first-order valence-electron chi connectivity index (χ1n) is 4.68. The van der Waals surface area contributed by atoms with Crippen molar-refractivity contribution in [3.05, 3.63) is 30.0 Å². The fourth-order valence-electron chi connectivity index (χ4n) is 1.44. The van der Waals surface area contributed by atoms with E-state index >= 15 is 0 Å². The van der Waals surface area contributed by atoms with Gasteiger partial charge in [-0.25, -0.2) is 9.97 Å². The van der Waals surface area contributed by atoms with Crippen LogP contribution in [0.1, 0.15) is 11.3 Å². The molecular formula is C10H10N6. The Morgan fingerprint density at radius 1 is 1.38 bits per heavy atom. The van der Waals surface area contributed by atoms with E-state index in [9.17, 15) is 0 Å². The molecule has 2 aromatic heterocycles.